The SMILES string of the molecule is CCOc1cc(/C=C2\SC(=O)N(C)C2=O)ccc1OC. The van der Waals surface area contributed by atoms with E-state index in [1.807, 2.05) is 13.0 Å². The third-order valence-corrected chi connectivity index (χ3v) is 3.73. The average Bonchev–Trinajstić information content (AvgIpc) is 2.67. The van der Waals surface area contributed by atoms with Gasteiger partial charge in [0.05, 0.1) is 18.6 Å². The van der Waals surface area contributed by atoms with Crippen molar-refractivity contribution in [1.82, 2.24) is 4.90 Å². The van der Waals surface area contributed by atoms with Gasteiger partial charge >= 0.3 is 0 Å². The first-order valence-corrected chi connectivity index (χ1v) is 6.91. The Morgan fingerprint density at radius 2 is 2.05 bits per heavy atom. The average molecular weight is 293 g/mol. The first kappa shape index (κ1) is 14.5. The zero-order chi connectivity index (χ0) is 14.7. The summed E-state index contributed by atoms with van der Waals surface area (Å²) in [5.41, 5.74) is 0.785. The third kappa shape index (κ3) is 2.80. The van der Waals surface area contributed by atoms with E-state index in [1.54, 1.807) is 25.3 Å². The molecule has 1 aromatic carbocycles. The molecule has 1 aromatic rings. The molecule has 0 aromatic heterocycles. The van der Waals surface area contributed by atoms with Crippen molar-refractivity contribution in [2.75, 3.05) is 20.8 Å². The first-order chi connectivity index (χ1) is 9.56. The van der Waals surface area contributed by atoms with Gasteiger partial charge in [0.2, 0.25) is 0 Å². The summed E-state index contributed by atoms with van der Waals surface area (Å²) >= 11 is 0.932. The maximum atomic E-state index is 11.8. The smallest absolute Gasteiger partial charge is 0.293 e. The lowest BCUT2D eigenvalue weighted by Crippen LogP contribution is -2.22. The van der Waals surface area contributed by atoms with Gasteiger partial charge in [-0.2, -0.15) is 0 Å². The molecule has 0 spiro atoms. The van der Waals surface area contributed by atoms with E-state index in [1.165, 1.54) is 7.05 Å². The van der Waals surface area contributed by atoms with Gasteiger partial charge in [0.1, 0.15) is 0 Å². The van der Waals surface area contributed by atoms with E-state index in [0.717, 1.165) is 22.2 Å². The Kier molecular flexibility index (Phi) is 4.34. The van der Waals surface area contributed by atoms with Crippen LogP contribution in [-0.4, -0.2) is 36.8 Å². The van der Waals surface area contributed by atoms with E-state index in [4.69, 9.17) is 9.47 Å². The molecule has 0 bridgehead atoms. The summed E-state index contributed by atoms with van der Waals surface area (Å²) < 4.78 is 10.7. The van der Waals surface area contributed by atoms with Crippen molar-refractivity contribution in [2.24, 2.45) is 0 Å². The minimum Gasteiger partial charge on any atom is -0.493 e. The Morgan fingerprint density at radius 3 is 2.60 bits per heavy atom. The normalized spacial score (nSPS) is 16.9. The molecule has 20 heavy (non-hydrogen) atoms. The minimum atomic E-state index is -0.284. The Bertz CT molecular complexity index is 583. The van der Waals surface area contributed by atoms with E-state index < -0.39 is 0 Å². The van der Waals surface area contributed by atoms with Crippen molar-refractivity contribution in [3.8, 4) is 11.5 Å². The van der Waals surface area contributed by atoms with Gasteiger partial charge < -0.3 is 9.47 Å². The number of rotatable bonds is 4. The molecule has 1 aliphatic rings. The molecule has 1 aliphatic heterocycles. The molecule has 0 N–H and O–H groups in total. The number of carbonyl (C=O) groups excluding carboxylic acids is 2. The molecule has 1 fully saturated rings. The summed E-state index contributed by atoms with van der Waals surface area (Å²) in [4.78, 5) is 24.8. The maximum Gasteiger partial charge on any atom is 0.293 e. The zero-order valence-corrected chi connectivity index (χ0v) is 12.3. The van der Waals surface area contributed by atoms with Crippen LogP contribution in [0, 0.1) is 0 Å². The maximum absolute atomic E-state index is 11.8. The predicted molar refractivity (Wildman–Crippen MR) is 77.9 cm³/mol. The Hall–Kier alpha value is -1.95. The highest BCUT2D eigenvalue weighted by Crippen LogP contribution is 2.33. The fourth-order valence-electron chi connectivity index (χ4n) is 1.75. The van der Waals surface area contributed by atoms with Crippen LogP contribution in [0.15, 0.2) is 23.1 Å². The molecule has 0 saturated carbocycles. The second-order valence-electron chi connectivity index (χ2n) is 4.08. The third-order valence-electron chi connectivity index (χ3n) is 2.77. The van der Waals surface area contributed by atoms with Crippen LogP contribution in [0.3, 0.4) is 0 Å². The van der Waals surface area contributed by atoms with Crippen molar-refractivity contribution in [1.29, 1.82) is 0 Å². The van der Waals surface area contributed by atoms with Gasteiger partial charge in [-0.15, -0.1) is 0 Å². The first-order valence-electron chi connectivity index (χ1n) is 6.09. The van der Waals surface area contributed by atoms with E-state index in [9.17, 15) is 9.59 Å². The number of ether oxygens (including phenoxy) is 2. The summed E-state index contributed by atoms with van der Waals surface area (Å²) in [6.07, 6.45) is 1.68. The van der Waals surface area contributed by atoms with Crippen molar-refractivity contribution < 1.29 is 19.1 Å². The standard InChI is InChI=1S/C14H15NO4S/c1-4-19-11-7-9(5-6-10(11)18-3)8-12-13(16)15(2)14(17)20-12/h5-8H,4H2,1-3H3/b12-8-. The minimum absolute atomic E-state index is 0.264. The quantitative estimate of drug-likeness (QED) is 0.799. The van der Waals surface area contributed by atoms with Gasteiger partial charge in [-0.05, 0) is 42.5 Å². The molecule has 1 heterocycles. The van der Waals surface area contributed by atoms with Crippen LogP contribution in [0.1, 0.15) is 12.5 Å². The molecule has 0 radical (unpaired) electrons. The molecule has 1 saturated heterocycles. The Morgan fingerprint density at radius 1 is 1.30 bits per heavy atom. The number of imide groups is 1. The number of hydrogen-bond donors (Lipinski definition) is 0. The molecule has 0 atom stereocenters. The molecule has 0 unspecified atom stereocenters. The van der Waals surface area contributed by atoms with Crippen LogP contribution in [0.5, 0.6) is 11.5 Å². The molecule has 6 heteroatoms. The van der Waals surface area contributed by atoms with Gasteiger partial charge in [-0.3, -0.25) is 14.5 Å². The van der Waals surface area contributed by atoms with Crippen molar-refractivity contribution >= 4 is 29.0 Å². The van der Waals surface area contributed by atoms with Gasteiger partial charge in [-0.25, -0.2) is 0 Å². The van der Waals surface area contributed by atoms with E-state index >= 15 is 0 Å². The predicted octanol–water partition coefficient (Wildman–Crippen LogP) is 2.76. The highest BCUT2D eigenvalue weighted by molar-refractivity contribution is 8.18. The number of thioether (sulfide) groups is 1. The summed E-state index contributed by atoms with van der Waals surface area (Å²) in [5, 5.41) is -0.264. The van der Waals surface area contributed by atoms with Crippen LogP contribution >= 0.6 is 11.8 Å². The van der Waals surface area contributed by atoms with Crippen LogP contribution < -0.4 is 9.47 Å². The topological polar surface area (TPSA) is 55.8 Å². The summed E-state index contributed by atoms with van der Waals surface area (Å²) in [7, 11) is 3.04. The Labute approximate surface area is 121 Å². The van der Waals surface area contributed by atoms with Crippen molar-refractivity contribution in [3.63, 3.8) is 0 Å². The summed E-state index contributed by atoms with van der Waals surface area (Å²) in [6.45, 7) is 2.40. The second kappa shape index (κ2) is 6.00. The van der Waals surface area contributed by atoms with E-state index in [-0.39, 0.29) is 11.1 Å². The number of carbonyl (C=O) groups is 2. The van der Waals surface area contributed by atoms with Gasteiger partial charge in [-0.1, -0.05) is 6.07 Å². The van der Waals surface area contributed by atoms with Crippen LogP contribution in [-0.2, 0) is 4.79 Å². The van der Waals surface area contributed by atoms with Crippen LogP contribution in [0.2, 0.25) is 0 Å². The molecular weight excluding hydrogens is 278 g/mol. The summed E-state index contributed by atoms with van der Waals surface area (Å²) in [5.74, 6) is 0.959. The highest BCUT2D eigenvalue weighted by Gasteiger charge is 2.31. The second-order valence-corrected chi connectivity index (χ2v) is 5.08. The fourth-order valence-corrected chi connectivity index (χ4v) is 2.58. The summed E-state index contributed by atoms with van der Waals surface area (Å²) in [6, 6.07) is 5.37. The number of amides is 2. The number of benzene rings is 1. The molecule has 0 aliphatic carbocycles. The molecule has 5 nitrogen and oxygen atoms in total. The largest absolute Gasteiger partial charge is 0.493 e. The van der Waals surface area contributed by atoms with Crippen LogP contribution in [0.25, 0.3) is 6.08 Å². The van der Waals surface area contributed by atoms with Gasteiger partial charge in [0, 0.05) is 7.05 Å². The lowest BCUT2D eigenvalue weighted by molar-refractivity contribution is -0.121. The number of nitrogens with zero attached hydrogens (tertiary/aromatic N) is 1. The van der Waals surface area contributed by atoms with Crippen molar-refractivity contribution in [3.05, 3.63) is 28.7 Å². The highest BCUT2D eigenvalue weighted by atomic mass is 32.2. The molecular formula is C14H15NO4S. The van der Waals surface area contributed by atoms with Gasteiger partial charge in [0.25, 0.3) is 11.1 Å². The van der Waals surface area contributed by atoms with E-state index in [0.29, 0.717) is 23.0 Å². The number of methoxy groups -OCH3 is 1. The van der Waals surface area contributed by atoms with Gasteiger partial charge in [0.15, 0.2) is 11.5 Å². The molecule has 2 rings (SSSR count). The molecule has 2 amide bonds. The zero-order valence-electron chi connectivity index (χ0n) is 11.5. The number of likely N-dealkylation sites (N-methyl/N-ethyl adjacent to an activating group) is 1. The fraction of sp³-hybridized carbons (Fsp3) is 0.286. The molecule has 106 valence electrons. The van der Waals surface area contributed by atoms with Crippen molar-refractivity contribution in [2.45, 2.75) is 6.92 Å². The lowest BCUT2D eigenvalue weighted by Gasteiger charge is -2.09. The Balaban J connectivity index is 2.32. The van der Waals surface area contributed by atoms with E-state index in [2.05, 4.69) is 0 Å². The number of hydrogen-bond acceptors (Lipinski definition) is 5. The lowest BCUT2D eigenvalue weighted by atomic mass is 10.2. The monoisotopic (exact) mass is 293 g/mol. The van der Waals surface area contributed by atoms with Crippen LogP contribution in [0.4, 0.5) is 4.79 Å².